The van der Waals surface area contributed by atoms with E-state index in [9.17, 15) is 4.79 Å². The highest BCUT2D eigenvalue weighted by molar-refractivity contribution is 9.10. The minimum atomic E-state index is -0.413. The second kappa shape index (κ2) is 11.6. The molecule has 3 aromatic carbocycles. The molecule has 0 unspecified atom stereocenters. The summed E-state index contributed by atoms with van der Waals surface area (Å²) >= 11 is 21.3. The topological polar surface area (TPSA) is 59.9 Å². The van der Waals surface area contributed by atoms with Crippen molar-refractivity contribution in [2.45, 2.75) is 13.5 Å². The van der Waals surface area contributed by atoms with Crippen molar-refractivity contribution in [1.29, 1.82) is 0 Å². The summed E-state index contributed by atoms with van der Waals surface area (Å²) in [6, 6.07) is 15.6. The molecule has 0 saturated heterocycles. The Labute approximate surface area is 209 Å². The molecule has 0 heterocycles. The van der Waals surface area contributed by atoms with E-state index in [1.165, 1.54) is 12.3 Å². The molecule has 0 aliphatic rings. The van der Waals surface area contributed by atoms with Gasteiger partial charge in [-0.05, 0) is 70.9 Å². The molecule has 0 radical (unpaired) electrons. The third-order valence-corrected chi connectivity index (χ3v) is 5.90. The number of hydrogen-bond donors (Lipinski definition) is 1. The molecule has 0 saturated carbocycles. The van der Waals surface area contributed by atoms with E-state index in [2.05, 4.69) is 26.5 Å². The minimum Gasteiger partial charge on any atom is -0.490 e. The third-order valence-electron chi connectivity index (χ3n) is 4.22. The first-order valence-electron chi connectivity index (χ1n) is 9.49. The van der Waals surface area contributed by atoms with Gasteiger partial charge in [0.05, 0.1) is 22.9 Å². The normalized spacial score (nSPS) is 10.9. The van der Waals surface area contributed by atoms with Gasteiger partial charge in [-0.3, -0.25) is 4.79 Å². The molecular formula is C23H18BrCl3N2O3. The van der Waals surface area contributed by atoms with Gasteiger partial charge in [0, 0.05) is 20.6 Å². The summed E-state index contributed by atoms with van der Waals surface area (Å²) in [5.41, 5.74) is 4.48. The van der Waals surface area contributed by atoms with Crippen LogP contribution in [-0.4, -0.2) is 18.7 Å². The number of carbonyl (C=O) groups excluding carboxylic acids is 1. The molecule has 9 heteroatoms. The van der Waals surface area contributed by atoms with Crippen molar-refractivity contribution in [3.8, 4) is 11.5 Å². The molecule has 0 bridgehead atoms. The fourth-order valence-electron chi connectivity index (χ4n) is 2.63. The molecule has 5 nitrogen and oxygen atoms in total. The summed E-state index contributed by atoms with van der Waals surface area (Å²) in [4.78, 5) is 12.3. The first-order valence-corrected chi connectivity index (χ1v) is 11.4. The summed E-state index contributed by atoms with van der Waals surface area (Å²) in [6.07, 6.45) is 1.50. The first kappa shape index (κ1) is 24.4. The van der Waals surface area contributed by atoms with Gasteiger partial charge in [0.25, 0.3) is 5.91 Å². The van der Waals surface area contributed by atoms with Gasteiger partial charge in [0.1, 0.15) is 6.61 Å². The molecule has 3 rings (SSSR count). The predicted molar refractivity (Wildman–Crippen MR) is 133 cm³/mol. The largest absolute Gasteiger partial charge is 0.490 e. The number of rotatable bonds is 8. The van der Waals surface area contributed by atoms with Crippen LogP contribution in [0.1, 0.15) is 28.4 Å². The van der Waals surface area contributed by atoms with Crippen LogP contribution in [0.4, 0.5) is 0 Å². The maximum Gasteiger partial charge on any atom is 0.271 e. The Balaban J connectivity index is 1.72. The monoisotopic (exact) mass is 554 g/mol. The summed E-state index contributed by atoms with van der Waals surface area (Å²) in [6.45, 7) is 2.71. The number of ether oxygens (including phenoxy) is 2. The van der Waals surface area contributed by atoms with Gasteiger partial charge < -0.3 is 9.47 Å². The lowest BCUT2D eigenvalue weighted by atomic mass is 10.2. The lowest BCUT2D eigenvalue weighted by molar-refractivity contribution is 0.0955. The third kappa shape index (κ3) is 6.62. The minimum absolute atomic E-state index is 0.293. The van der Waals surface area contributed by atoms with Crippen molar-refractivity contribution in [1.82, 2.24) is 5.43 Å². The summed E-state index contributed by atoms with van der Waals surface area (Å²) in [7, 11) is 0. The Morgan fingerprint density at radius 3 is 2.41 bits per heavy atom. The Morgan fingerprint density at radius 2 is 1.72 bits per heavy atom. The summed E-state index contributed by atoms with van der Waals surface area (Å²) in [5, 5.41) is 5.36. The van der Waals surface area contributed by atoms with Crippen LogP contribution in [0.25, 0.3) is 0 Å². The maximum absolute atomic E-state index is 12.3. The van der Waals surface area contributed by atoms with E-state index in [1.54, 1.807) is 24.3 Å². The van der Waals surface area contributed by atoms with Crippen LogP contribution in [0.3, 0.4) is 0 Å². The van der Waals surface area contributed by atoms with Crippen LogP contribution in [-0.2, 0) is 6.61 Å². The zero-order valence-electron chi connectivity index (χ0n) is 16.9. The van der Waals surface area contributed by atoms with Crippen molar-refractivity contribution in [3.63, 3.8) is 0 Å². The Bertz CT molecular complexity index is 1140. The maximum atomic E-state index is 12.3. The summed E-state index contributed by atoms with van der Waals surface area (Å²) in [5.74, 6) is 0.719. The molecule has 0 aliphatic carbocycles. The first-order chi connectivity index (χ1) is 15.4. The van der Waals surface area contributed by atoms with E-state index in [4.69, 9.17) is 44.3 Å². The highest BCUT2D eigenvalue weighted by Crippen LogP contribution is 2.34. The van der Waals surface area contributed by atoms with Gasteiger partial charge in [-0.1, -0.05) is 46.9 Å². The second-order valence-corrected chi connectivity index (χ2v) is 8.60. The van der Waals surface area contributed by atoms with Gasteiger partial charge in [-0.15, -0.1) is 0 Å². The molecule has 32 heavy (non-hydrogen) atoms. The number of nitrogens with one attached hydrogen (secondary N) is 1. The van der Waals surface area contributed by atoms with Crippen molar-refractivity contribution in [2.24, 2.45) is 5.10 Å². The van der Waals surface area contributed by atoms with Crippen LogP contribution < -0.4 is 14.9 Å². The fraction of sp³-hybridized carbons (Fsp3) is 0.130. The average molecular weight is 557 g/mol. The molecule has 166 valence electrons. The molecule has 0 atom stereocenters. The molecule has 0 spiro atoms. The van der Waals surface area contributed by atoms with Crippen LogP contribution in [0.2, 0.25) is 15.1 Å². The lowest BCUT2D eigenvalue weighted by Crippen LogP contribution is -2.17. The number of hydrogen-bond acceptors (Lipinski definition) is 4. The zero-order chi connectivity index (χ0) is 23.1. The Morgan fingerprint density at radius 1 is 1.00 bits per heavy atom. The second-order valence-electron chi connectivity index (χ2n) is 6.50. The molecule has 0 fully saturated rings. The average Bonchev–Trinajstić information content (AvgIpc) is 2.77. The number of halogens is 4. The van der Waals surface area contributed by atoms with Gasteiger partial charge in [0.2, 0.25) is 0 Å². The van der Waals surface area contributed by atoms with E-state index in [0.29, 0.717) is 50.9 Å². The zero-order valence-corrected chi connectivity index (χ0v) is 20.7. The SMILES string of the molecule is CCOc1cc(/C=N\NC(=O)c2ccc(Cl)c(Cl)c2)c(Br)cc1OCc1ccc(Cl)cc1. The van der Waals surface area contributed by atoms with Gasteiger partial charge in [0.15, 0.2) is 11.5 Å². The standard InChI is InChI=1S/C23H18BrCl3N2O3/c1-2-31-21-10-16(12-28-29-23(30)15-5-8-19(26)20(27)9-15)18(24)11-22(21)32-13-14-3-6-17(25)7-4-14/h3-12H,2,13H2,1H3,(H,29,30)/b28-12-. The molecule has 1 amide bonds. The van der Waals surface area contributed by atoms with Gasteiger partial charge in [-0.25, -0.2) is 5.43 Å². The Kier molecular flexibility index (Phi) is 8.82. The van der Waals surface area contributed by atoms with Crippen LogP contribution in [0.15, 0.2) is 64.2 Å². The molecule has 1 N–H and O–H groups in total. The van der Waals surface area contributed by atoms with Crippen LogP contribution in [0.5, 0.6) is 11.5 Å². The number of amides is 1. The van der Waals surface area contributed by atoms with Crippen molar-refractivity contribution >= 4 is 62.9 Å². The van der Waals surface area contributed by atoms with Crippen LogP contribution >= 0.6 is 50.7 Å². The smallest absolute Gasteiger partial charge is 0.271 e. The van der Waals surface area contributed by atoms with E-state index in [-0.39, 0.29) is 0 Å². The highest BCUT2D eigenvalue weighted by Gasteiger charge is 2.11. The predicted octanol–water partition coefficient (Wildman–Crippen LogP) is 7.15. The van der Waals surface area contributed by atoms with E-state index in [0.717, 1.165) is 10.0 Å². The molecule has 0 aliphatic heterocycles. The number of carbonyl (C=O) groups is 1. The highest BCUT2D eigenvalue weighted by atomic mass is 79.9. The molecule has 3 aromatic rings. The number of benzene rings is 3. The van der Waals surface area contributed by atoms with Crippen molar-refractivity contribution in [2.75, 3.05) is 6.61 Å². The Hall–Kier alpha value is -2.25. The number of hydrazone groups is 1. The van der Waals surface area contributed by atoms with Crippen LogP contribution in [0, 0.1) is 0 Å². The number of nitrogens with zero attached hydrogens (tertiary/aromatic N) is 1. The fourth-order valence-corrected chi connectivity index (χ4v) is 3.48. The lowest BCUT2D eigenvalue weighted by Gasteiger charge is -2.14. The van der Waals surface area contributed by atoms with Crippen molar-refractivity contribution in [3.05, 3.63) is 90.8 Å². The quantitative estimate of drug-likeness (QED) is 0.237. The van der Waals surface area contributed by atoms with Crippen molar-refractivity contribution < 1.29 is 14.3 Å². The van der Waals surface area contributed by atoms with Gasteiger partial charge in [-0.2, -0.15) is 5.10 Å². The van der Waals surface area contributed by atoms with E-state index < -0.39 is 5.91 Å². The molecule has 0 aromatic heterocycles. The van der Waals surface area contributed by atoms with Gasteiger partial charge >= 0.3 is 0 Å². The van der Waals surface area contributed by atoms with E-state index >= 15 is 0 Å². The van der Waals surface area contributed by atoms with E-state index in [1.807, 2.05) is 31.2 Å². The summed E-state index contributed by atoms with van der Waals surface area (Å²) < 4.78 is 12.4. The molecular weight excluding hydrogens is 539 g/mol.